The fourth-order valence-corrected chi connectivity index (χ4v) is 7.38. The zero-order chi connectivity index (χ0) is 24.0. The minimum Gasteiger partial charge on any atom is -0.299 e. The molecule has 6 rings (SSSR count). The second-order valence-corrected chi connectivity index (χ2v) is 11.2. The largest absolute Gasteiger partial charge is 0.299 e. The van der Waals surface area contributed by atoms with E-state index >= 15 is 0 Å². The molecule has 3 atom stereocenters. The van der Waals surface area contributed by atoms with Crippen molar-refractivity contribution in [2.24, 2.45) is 5.92 Å². The molecule has 3 heterocycles. The van der Waals surface area contributed by atoms with E-state index in [-0.39, 0.29) is 18.0 Å². The number of pyridine rings is 1. The van der Waals surface area contributed by atoms with Gasteiger partial charge < -0.3 is 0 Å². The molecular formula is C28H27N3O3S. The van der Waals surface area contributed by atoms with Crippen molar-refractivity contribution in [1.29, 1.82) is 0 Å². The normalized spacial score (nSPS) is 23.4. The number of benzene rings is 3. The molecule has 0 saturated carbocycles. The van der Waals surface area contributed by atoms with Gasteiger partial charge in [0.15, 0.2) is 0 Å². The molecule has 0 aliphatic carbocycles. The number of aromatic nitrogens is 1. The van der Waals surface area contributed by atoms with E-state index in [9.17, 15) is 8.42 Å². The number of hydrogen-bond donors (Lipinski definition) is 0. The molecule has 7 heteroatoms. The average molecular weight is 486 g/mol. The standard InChI is InChI=1S/C28H27N3O3S/c1-30-26-16-27(22-13-11-20(12-14-22)23-8-5-15-29-17-23)31(18-24(26)19-34-30)35(32,33)28-10-4-7-21-6-2-3-9-25(21)28/h2-15,17,24,26-27H,16,18-19H2,1H3/t24-,26-,27-/m0/s1. The van der Waals surface area contributed by atoms with Gasteiger partial charge in [-0.1, -0.05) is 66.7 Å². The second-order valence-electron chi connectivity index (χ2n) is 9.34. The van der Waals surface area contributed by atoms with Gasteiger partial charge in [-0.05, 0) is 40.6 Å². The van der Waals surface area contributed by atoms with Gasteiger partial charge in [0, 0.05) is 43.3 Å². The lowest BCUT2D eigenvalue weighted by molar-refractivity contribution is -0.113. The molecule has 0 radical (unpaired) electrons. The summed E-state index contributed by atoms with van der Waals surface area (Å²) in [4.78, 5) is 10.4. The Morgan fingerprint density at radius 1 is 0.914 bits per heavy atom. The smallest absolute Gasteiger partial charge is 0.244 e. The maximum absolute atomic E-state index is 14.2. The number of hydrogen-bond acceptors (Lipinski definition) is 5. The molecule has 2 saturated heterocycles. The number of fused-ring (bicyclic) bond motifs is 2. The van der Waals surface area contributed by atoms with E-state index in [4.69, 9.17) is 4.84 Å². The van der Waals surface area contributed by atoms with Crippen LogP contribution in [0, 0.1) is 5.92 Å². The van der Waals surface area contributed by atoms with Crippen LogP contribution in [0.25, 0.3) is 21.9 Å². The molecule has 0 unspecified atom stereocenters. The van der Waals surface area contributed by atoms with Crippen molar-refractivity contribution < 1.29 is 13.3 Å². The number of nitrogens with zero attached hydrogens (tertiary/aromatic N) is 3. The van der Waals surface area contributed by atoms with E-state index in [1.165, 1.54) is 0 Å². The van der Waals surface area contributed by atoms with E-state index in [0.29, 0.717) is 24.5 Å². The van der Waals surface area contributed by atoms with Crippen LogP contribution in [-0.4, -0.2) is 49.0 Å². The third-order valence-corrected chi connectivity index (χ3v) is 9.29. The predicted molar refractivity (Wildman–Crippen MR) is 136 cm³/mol. The molecule has 2 aliphatic rings. The Labute approximate surface area is 205 Å². The van der Waals surface area contributed by atoms with Crippen LogP contribution in [0.2, 0.25) is 0 Å². The SMILES string of the molecule is CN1OC[C@@H]2CN(S(=O)(=O)c3cccc4ccccc34)[C@H](c3ccc(-c4cccnc4)cc3)C[C@@H]21. The van der Waals surface area contributed by atoms with E-state index in [2.05, 4.69) is 29.2 Å². The topological polar surface area (TPSA) is 62.7 Å². The first-order chi connectivity index (χ1) is 17.0. The van der Waals surface area contributed by atoms with Gasteiger partial charge in [-0.25, -0.2) is 8.42 Å². The quantitative estimate of drug-likeness (QED) is 0.412. The van der Waals surface area contributed by atoms with Crippen molar-refractivity contribution in [2.75, 3.05) is 20.2 Å². The average Bonchev–Trinajstić information content (AvgIpc) is 3.28. The van der Waals surface area contributed by atoms with Crippen LogP contribution in [0.4, 0.5) is 0 Å². The Kier molecular flexibility index (Phi) is 5.65. The van der Waals surface area contributed by atoms with E-state index in [0.717, 1.165) is 27.5 Å². The Hall–Kier alpha value is -3.10. The molecule has 6 nitrogen and oxygen atoms in total. The maximum Gasteiger partial charge on any atom is 0.244 e. The number of sulfonamides is 1. The Balaban J connectivity index is 1.42. The van der Waals surface area contributed by atoms with Crippen LogP contribution in [0.1, 0.15) is 18.0 Å². The summed E-state index contributed by atoms with van der Waals surface area (Å²) in [6, 6.07) is 25.2. The summed E-state index contributed by atoms with van der Waals surface area (Å²) in [5.74, 6) is 0.135. The molecule has 4 aromatic rings. The third kappa shape index (κ3) is 3.94. The highest BCUT2D eigenvalue weighted by Crippen LogP contribution is 2.42. The molecular weight excluding hydrogens is 458 g/mol. The van der Waals surface area contributed by atoms with E-state index in [1.54, 1.807) is 16.6 Å². The first-order valence-electron chi connectivity index (χ1n) is 11.9. The second kappa shape index (κ2) is 8.84. The van der Waals surface area contributed by atoms with Crippen molar-refractivity contribution >= 4 is 20.8 Å². The molecule has 0 N–H and O–H groups in total. The Morgan fingerprint density at radius 2 is 1.71 bits per heavy atom. The van der Waals surface area contributed by atoms with Crippen LogP contribution >= 0.6 is 0 Å². The van der Waals surface area contributed by atoms with Crippen molar-refractivity contribution in [3.05, 3.63) is 96.8 Å². The summed E-state index contributed by atoms with van der Waals surface area (Å²) >= 11 is 0. The van der Waals surface area contributed by atoms with Crippen LogP contribution in [0.3, 0.4) is 0 Å². The fraction of sp³-hybridized carbons (Fsp3) is 0.250. The molecule has 1 aromatic heterocycles. The van der Waals surface area contributed by atoms with Gasteiger partial charge in [0.2, 0.25) is 10.0 Å². The summed E-state index contributed by atoms with van der Waals surface area (Å²) in [6.07, 6.45) is 4.27. The van der Waals surface area contributed by atoms with Gasteiger partial charge in [-0.15, -0.1) is 0 Å². The molecule has 0 bridgehead atoms. The first kappa shape index (κ1) is 22.4. The van der Waals surface area contributed by atoms with Crippen LogP contribution in [0.5, 0.6) is 0 Å². The van der Waals surface area contributed by atoms with Gasteiger partial charge in [-0.2, -0.15) is 9.37 Å². The van der Waals surface area contributed by atoms with Crippen LogP contribution < -0.4 is 0 Å². The lowest BCUT2D eigenvalue weighted by Gasteiger charge is -2.41. The molecule has 2 aliphatic heterocycles. The molecule has 178 valence electrons. The summed E-state index contributed by atoms with van der Waals surface area (Å²) < 4.78 is 30.1. The van der Waals surface area contributed by atoms with Crippen LogP contribution in [0.15, 0.2) is 96.2 Å². The molecule has 0 spiro atoms. The van der Waals surface area contributed by atoms with Crippen molar-refractivity contribution in [3.8, 4) is 11.1 Å². The Morgan fingerprint density at radius 3 is 2.51 bits per heavy atom. The zero-order valence-corrected chi connectivity index (χ0v) is 20.3. The van der Waals surface area contributed by atoms with Crippen molar-refractivity contribution in [1.82, 2.24) is 14.4 Å². The predicted octanol–water partition coefficient (Wildman–Crippen LogP) is 4.90. The Bertz CT molecular complexity index is 1450. The summed E-state index contributed by atoms with van der Waals surface area (Å²) in [5.41, 5.74) is 3.08. The highest BCUT2D eigenvalue weighted by Gasteiger charge is 2.47. The van der Waals surface area contributed by atoms with Gasteiger partial charge in [0.25, 0.3) is 0 Å². The first-order valence-corrected chi connectivity index (χ1v) is 13.3. The van der Waals surface area contributed by atoms with Gasteiger partial charge in [0.05, 0.1) is 17.5 Å². The van der Waals surface area contributed by atoms with Gasteiger partial charge in [0.1, 0.15) is 0 Å². The molecule has 35 heavy (non-hydrogen) atoms. The van der Waals surface area contributed by atoms with Crippen molar-refractivity contribution in [3.63, 3.8) is 0 Å². The highest BCUT2D eigenvalue weighted by molar-refractivity contribution is 7.89. The lowest BCUT2D eigenvalue weighted by Crippen LogP contribution is -2.49. The number of hydroxylamine groups is 2. The minimum absolute atomic E-state index is 0.135. The third-order valence-electron chi connectivity index (χ3n) is 7.36. The molecule has 3 aromatic carbocycles. The summed E-state index contributed by atoms with van der Waals surface area (Å²) in [7, 11) is -1.81. The van der Waals surface area contributed by atoms with Crippen molar-refractivity contribution in [2.45, 2.75) is 23.4 Å². The van der Waals surface area contributed by atoms with E-state index in [1.807, 2.05) is 66.8 Å². The zero-order valence-electron chi connectivity index (χ0n) is 19.5. The van der Waals surface area contributed by atoms with Crippen LogP contribution in [-0.2, 0) is 14.9 Å². The van der Waals surface area contributed by atoms with E-state index < -0.39 is 10.0 Å². The highest BCUT2D eigenvalue weighted by atomic mass is 32.2. The molecule has 2 fully saturated rings. The van der Waals surface area contributed by atoms with Gasteiger partial charge >= 0.3 is 0 Å². The van der Waals surface area contributed by atoms with Gasteiger partial charge in [-0.3, -0.25) is 9.82 Å². The summed E-state index contributed by atoms with van der Waals surface area (Å²) in [5, 5.41) is 3.58. The minimum atomic E-state index is -3.76. The fourth-order valence-electron chi connectivity index (χ4n) is 5.48. The summed E-state index contributed by atoms with van der Waals surface area (Å²) in [6.45, 7) is 0.963. The lowest BCUT2D eigenvalue weighted by atomic mass is 9.87. The molecule has 0 amide bonds. The number of rotatable bonds is 4. The maximum atomic E-state index is 14.2. The monoisotopic (exact) mass is 485 g/mol. The number of piperidine rings is 1.